The summed E-state index contributed by atoms with van der Waals surface area (Å²) in [7, 11) is 0. The lowest BCUT2D eigenvalue weighted by Crippen LogP contribution is -2.41. The molecule has 0 bridgehead atoms. The molecule has 1 aliphatic heterocycles. The predicted octanol–water partition coefficient (Wildman–Crippen LogP) is 4.69. The van der Waals surface area contributed by atoms with E-state index in [0.717, 1.165) is 19.0 Å². The number of carbonyl (C=O) groups excluding carboxylic acids is 1. The van der Waals surface area contributed by atoms with Crippen LogP contribution in [-0.2, 0) is 0 Å². The van der Waals surface area contributed by atoms with Crippen molar-refractivity contribution >= 4 is 29.0 Å². The Balaban J connectivity index is 1.94. The molecule has 2 rings (SSSR count). The van der Waals surface area contributed by atoms with Gasteiger partial charge in [-0.15, -0.1) is 0 Å². The topological polar surface area (TPSA) is 20.3 Å². The van der Waals surface area contributed by atoms with Gasteiger partial charge in [0.05, 0.1) is 10.0 Å². The molecule has 0 saturated carbocycles. The highest BCUT2D eigenvalue weighted by Gasteiger charge is 2.23. The van der Waals surface area contributed by atoms with Crippen LogP contribution >= 0.6 is 23.2 Å². The van der Waals surface area contributed by atoms with Crippen molar-refractivity contribution in [2.75, 3.05) is 13.1 Å². The summed E-state index contributed by atoms with van der Waals surface area (Å²) in [6.07, 6.45) is 2.93. The summed E-state index contributed by atoms with van der Waals surface area (Å²) in [5, 5.41) is 0.817. The van der Waals surface area contributed by atoms with Crippen LogP contribution in [0.25, 0.3) is 0 Å². The third-order valence-electron chi connectivity index (χ3n) is 4.15. The molecule has 1 saturated heterocycles. The fourth-order valence-electron chi connectivity index (χ4n) is 2.89. The van der Waals surface area contributed by atoms with E-state index in [9.17, 15) is 4.79 Å². The Morgan fingerprint density at radius 1 is 1.35 bits per heavy atom. The van der Waals surface area contributed by atoms with Crippen LogP contribution in [0.5, 0.6) is 0 Å². The summed E-state index contributed by atoms with van der Waals surface area (Å²) < 4.78 is 0. The van der Waals surface area contributed by atoms with E-state index in [-0.39, 0.29) is 5.78 Å². The van der Waals surface area contributed by atoms with Gasteiger partial charge in [0, 0.05) is 24.6 Å². The highest BCUT2D eigenvalue weighted by atomic mass is 35.5. The number of piperidine rings is 1. The lowest BCUT2D eigenvalue weighted by molar-refractivity contribution is 0.0910. The third-order valence-corrected chi connectivity index (χ3v) is 4.97. The molecule has 2 unspecified atom stereocenters. The second-order valence-electron chi connectivity index (χ2n) is 5.79. The van der Waals surface area contributed by atoms with Crippen molar-refractivity contribution in [3.8, 4) is 0 Å². The SMILES string of the molecule is CC1CCN(CCC(=O)c2cccc(Cl)c2Cl)C(C)C1. The Labute approximate surface area is 131 Å². The number of rotatable bonds is 4. The Morgan fingerprint density at radius 3 is 2.80 bits per heavy atom. The maximum absolute atomic E-state index is 12.3. The lowest BCUT2D eigenvalue weighted by Gasteiger charge is -2.36. The largest absolute Gasteiger partial charge is 0.300 e. The number of benzene rings is 1. The van der Waals surface area contributed by atoms with Crippen LogP contribution in [0.3, 0.4) is 0 Å². The zero-order chi connectivity index (χ0) is 14.7. The van der Waals surface area contributed by atoms with E-state index in [1.54, 1.807) is 18.2 Å². The summed E-state index contributed by atoms with van der Waals surface area (Å²) in [5.41, 5.74) is 0.539. The zero-order valence-corrected chi connectivity index (χ0v) is 13.5. The number of hydrogen-bond donors (Lipinski definition) is 0. The molecule has 20 heavy (non-hydrogen) atoms. The van der Waals surface area contributed by atoms with Gasteiger partial charge in [-0.3, -0.25) is 4.79 Å². The quantitative estimate of drug-likeness (QED) is 0.752. The molecule has 1 aromatic rings. The smallest absolute Gasteiger partial charge is 0.165 e. The number of nitrogens with zero attached hydrogens (tertiary/aromatic N) is 1. The van der Waals surface area contributed by atoms with E-state index in [1.165, 1.54) is 12.8 Å². The second kappa shape index (κ2) is 6.93. The van der Waals surface area contributed by atoms with Gasteiger partial charge in [-0.25, -0.2) is 0 Å². The van der Waals surface area contributed by atoms with Crippen LogP contribution in [0, 0.1) is 5.92 Å². The molecule has 4 heteroatoms. The molecule has 0 N–H and O–H groups in total. The van der Waals surface area contributed by atoms with E-state index in [0.29, 0.717) is 28.1 Å². The minimum Gasteiger partial charge on any atom is -0.300 e. The van der Waals surface area contributed by atoms with Crippen molar-refractivity contribution in [1.82, 2.24) is 4.90 Å². The molecule has 0 spiro atoms. The van der Waals surface area contributed by atoms with Crippen molar-refractivity contribution in [2.24, 2.45) is 5.92 Å². The van der Waals surface area contributed by atoms with E-state index < -0.39 is 0 Å². The Hall–Kier alpha value is -0.570. The monoisotopic (exact) mass is 313 g/mol. The van der Waals surface area contributed by atoms with Gasteiger partial charge in [0.1, 0.15) is 0 Å². The fourth-order valence-corrected chi connectivity index (χ4v) is 3.29. The first-order valence-corrected chi connectivity index (χ1v) is 7.96. The van der Waals surface area contributed by atoms with Crippen molar-refractivity contribution in [1.29, 1.82) is 0 Å². The number of ketones is 1. The van der Waals surface area contributed by atoms with E-state index >= 15 is 0 Å². The molecular weight excluding hydrogens is 293 g/mol. The van der Waals surface area contributed by atoms with Gasteiger partial charge in [0.2, 0.25) is 0 Å². The average molecular weight is 314 g/mol. The minimum atomic E-state index is 0.0725. The molecule has 1 fully saturated rings. The van der Waals surface area contributed by atoms with Gasteiger partial charge in [-0.05, 0) is 44.4 Å². The number of Topliss-reactive ketones (excluding diaryl/α,β-unsaturated/α-hetero) is 1. The van der Waals surface area contributed by atoms with Crippen molar-refractivity contribution in [3.05, 3.63) is 33.8 Å². The van der Waals surface area contributed by atoms with Gasteiger partial charge in [0.15, 0.2) is 5.78 Å². The zero-order valence-electron chi connectivity index (χ0n) is 12.0. The Bertz CT molecular complexity index is 489. The maximum atomic E-state index is 12.3. The van der Waals surface area contributed by atoms with E-state index in [4.69, 9.17) is 23.2 Å². The molecule has 0 amide bonds. The highest BCUT2D eigenvalue weighted by molar-refractivity contribution is 6.43. The summed E-state index contributed by atoms with van der Waals surface area (Å²) in [5.74, 6) is 0.864. The molecule has 0 aromatic heterocycles. The molecule has 1 heterocycles. The molecule has 0 aliphatic carbocycles. The summed E-state index contributed by atoms with van der Waals surface area (Å²) >= 11 is 12.0. The van der Waals surface area contributed by atoms with Crippen molar-refractivity contribution in [3.63, 3.8) is 0 Å². The van der Waals surface area contributed by atoms with Crippen LogP contribution in [0.1, 0.15) is 43.5 Å². The predicted molar refractivity (Wildman–Crippen MR) is 84.8 cm³/mol. The van der Waals surface area contributed by atoms with Crippen LogP contribution in [0.15, 0.2) is 18.2 Å². The third kappa shape index (κ3) is 3.75. The molecule has 2 atom stereocenters. The molecular formula is C16H21Cl2NO. The van der Waals surface area contributed by atoms with Crippen molar-refractivity contribution in [2.45, 2.75) is 39.2 Å². The van der Waals surface area contributed by atoms with Crippen LogP contribution in [-0.4, -0.2) is 29.8 Å². The number of likely N-dealkylation sites (tertiary alicyclic amines) is 1. The first-order valence-electron chi connectivity index (χ1n) is 7.20. The van der Waals surface area contributed by atoms with Crippen LogP contribution in [0.2, 0.25) is 10.0 Å². The Morgan fingerprint density at radius 2 is 2.10 bits per heavy atom. The number of hydrogen-bond acceptors (Lipinski definition) is 2. The van der Waals surface area contributed by atoms with Gasteiger partial charge >= 0.3 is 0 Å². The summed E-state index contributed by atoms with van der Waals surface area (Å²) in [6.45, 7) is 6.42. The first-order chi connectivity index (χ1) is 9.49. The van der Waals surface area contributed by atoms with Gasteiger partial charge < -0.3 is 4.90 Å². The van der Waals surface area contributed by atoms with E-state index in [2.05, 4.69) is 18.7 Å². The minimum absolute atomic E-state index is 0.0725. The molecule has 110 valence electrons. The number of halogens is 2. The van der Waals surface area contributed by atoms with E-state index in [1.807, 2.05) is 0 Å². The average Bonchev–Trinajstić information content (AvgIpc) is 2.40. The van der Waals surface area contributed by atoms with Crippen LogP contribution < -0.4 is 0 Å². The molecule has 1 aliphatic rings. The number of carbonyl (C=O) groups is 1. The second-order valence-corrected chi connectivity index (χ2v) is 6.57. The lowest BCUT2D eigenvalue weighted by atomic mass is 9.93. The Kier molecular flexibility index (Phi) is 5.48. The normalized spacial score (nSPS) is 23.8. The fraction of sp³-hybridized carbons (Fsp3) is 0.562. The highest BCUT2D eigenvalue weighted by Crippen LogP contribution is 2.27. The van der Waals surface area contributed by atoms with Gasteiger partial charge in [0.25, 0.3) is 0 Å². The van der Waals surface area contributed by atoms with Gasteiger partial charge in [-0.2, -0.15) is 0 Å². The molecule has 0 radical (unpaired) electrons. The molecule has 2 nitrogen and oxygen atoms in total. The summed E-state index contributed by atoms with van der Waals surface area (Å²) in [6, 6.07) is 5.78. The van der Waals surface area contributed by atoms with Crippen molar-refractivity contribution < 1.29 is 4.79 Å². The van der Waals surface area contributed by atoms with Gasteiger partial charge in [-0.1, -0.05) is 36.2 Å². The summed E-state index contributed by atoms with van der Waals surface area (Å²) in [4.78, 5) is 14.7. The standard InChI is InChI=1S/C16H21Cl2NO/c1-11-6-8-19(12(2)10-11)9-7-15(20)13-4-3-5-14(17)16(13)18/h3-5,11-12H,6-10H2,1-2H3. The maximum Gasteiger partial charge on any atom is 0.165 e. The van der Waals surface area contributed by atoms with Crippen LogP contribution in [0.4, 0.5) is 0 Å². The molecule has 1 aromatic carbocycles. The first kappa shape index (κ1) is 15.8.